The van der Waals surface area contributed by atoms with Crippen LogP contribution in [0.1, 0.15) is 24.8 Å². The minimum absolute atomic E-state index is 0. The molecule has 0 atom stereocenters. The zero-order chi connectivity index (χ0) is 26.7. The highest BCUT2D eigenvalue weighted by atomic mass is 35.5. The maximum atomic E-state index is 13.8. The number of piperidine rings is 1. The van der Waals surface area contributed by atoms with E-state index in [-0.39, 0.29) is 42.2 Å². The number of fused-ring (bicyclic) bond motifs is 1. The third-order valence-corrected chi connectivity index (χ3v) is 9.78. The van der Waals surface area contributed by atoms with E-state index in [4.69, 9.17) is 9.72 Å². The summed E-state index contributed by atoms with van der Waals surface area (Å²) in [5, 5.41) is 0.632. The Morgan fingerprint density at radius 1 is 1.13 bits per heavy atom. The number of aryl methyl sites for hydroxylation is 1. The highest BCUT2D eigenvalue weighted by molar-refractivity contribution is 7.89. The molecule has 1 aromatic heterocycles. The lowest BCUT2D eigenvalue weighted by Crippen LogP contribution is -2.45. The smallest absolute Gasteiger partial charge is 0.243 e. The van der Waals surface area contributed by atoms with Crippen LogP contribution in [0.25, 0.3) is 10.2 Å². The summed E-state index contributed by atoms with van der Waals surface area (Å²) < 4.78 is 47.2. The maximum Gasteiger partial charge on any atom is 0.243 e. The molecule has 2 aromatic carbocycles. The predicted molar refractivity (Wildman–Crippen MR) is 152 cm³/mol. The average molecular weight is 585 g/mol. The van der Waals surface area contributed by atoms with Crippen LogP contribution in [-0.4, -0.2) is 75.9 Å². The molecule has 38 heavy (non-hydrogen) atoms. The summed E-state index contributed by atoms with van der Waals surface area (Å²) in [6.45, 7) is 3.82. The number of nitrogens with zero attached hydrogens (tertiary/aromatic N) is 4. The lowest BCUT2D eigenvalue weighted by atomic mass is 9.96. The van der Waals surface area contributed by atoms with E-state index in [1.54, 1.807) is 12.0 Å². The molecule has 0 spiro atoms. The van der Waals surface area contributed by atoms with Crippen molar-refractivity contribution in [3.8, 4) is 5.75 Å². The van der Waals surface area contributed by atoms with E-state index in [9.17, 15) is 17.6 Å². The fourth-order valence-corrected chi connectivity index (χ4v) is 7.10. The molecule has 1 aliphatic heterocycles. The molecule has 8 nitrogen and oxygen atoms in total. The molecular weight excluding hydrogens is 551 g/mol. The molecular formula is C26H34ClFN4O4S2. The lowest BCUT2D eigenvalue weighted by molar-refractivity contribution is -0.123. The molecule has 1 fully saturated rings. The lowest BCUT2D eigenvalue weighted by Gasteiger charge is -2.33. The van der Waals surface area contributed by atoms with Crippen LogP contribution in [0, 0.1) is 18.7 Å². The first-order valence-corrected chi connectivity index (χ1v) is 14.5. The number of aromatic nitrogens is 1. The first kappa shape index (κ1) is 30.2. The van der Waals surface area contributed by atoms with Gasteiger partial charge in [0.1, 0.15) is 17.1 Å². The Hall–Kier alpha value is -2.31. The van der Waals surface area contributed by atoms with Gasteiger partial charge in [0.05, 0.1) is 16.7 Å². The third kappa shape index (κ3) is 6.45. The van der Waals surface area contributed by atoms with Crippen LogP contribution in [0.15, 0.2) is 41.3 Å². The molecule has 208 valence electrons. The number of thiazole rings is 1. The molecule has 1 amide bonds. The summed E-state index contributed by atoms with van der Waals surface area (Å²) in [4.78, 5) is 22.5. The Bertz CT molecular complexity index is 1360. The van der Waals surface area contributed by atoms with E-state index < -0.39 is 15.8 Å². The summed E-state index contributed by atoms with van der Waals surface area (Å²) in [7, 11) is 1.86. The third-order valence-electron chi connectivity index (χ3n) is 6.65. The van der Waals surface area contributed by atoms with E-state index in [0.717, 1.165) is 40.9 Å². The number of hydrogen-bond donors (Lipinski definition) is 0. The van der Waals surface area contributed by atoms with Crippen molar-refractivity contribution in [3.63, 3.8) is 0 Å². The van der Waals surface area contributed by atoms with Crippen molar-refractivity contribution >= 4 is 55.0 Å². The number of carbonyl (C=O) groups is 1. The van der Waals surface area contributed by atoms with Crippen LogP contribution in [0.3, 0.4) is 0 Å². The second-order valence-corrected chi connectivity index (χ2v) is 12.5. The molecule has 0 aliphatic carbocycles. The monoisotopic (exact) mass is 584 g/mol. The molecule has 1 saturated heterocycles. The number of ether oxygens (including phenoxy) is 1. The molecule has 0 bridgehead atoms. The molecule has 2 heterocycles. The first-order valence-electron chi connectivity index (χ1n) is 12.3. The van der Waals surface area contributed by atoms with Gasteiger partial charge in [-0.25, -0.2) is 17.8 Å². The molecule has 3 aromatic rings. The van der Waals surface area contributed by atoms with Crippen LogP contribution in [0.2, 0.25) is 0 Å². The Morgan fingerprint density at radius 2 is 1.79 bits per heavy atom. The van der Waals surface area contributed by atoms with Crippen LogP contribution in [0.5, 0.6) is 5.75 Å². The molecule has 4 rings (SSSR count). The number of anilines is 1. The van der Waals surface area contributed by atoms with Gasteiger partial charge in [-0.3, -0.25) is 9.69 Å². The van der Waals surface area contributed by atoms with Gasteiger partial charge in [-0.2, -0.15) is 4.31 Å². The van der Waals surface area contributed by atoms with Gasteiger partial charge in [0, 0.05) is 25.6 Å². The summed E-state index contributed by atoms with van der Waals surface area (Å²) >= 11 is 1.48. The van der Waals surface area contributed by atoms with Crippen molar-refractivity contribution in [2.24, 2.45) is 5.92 Å². The van der Waals surface area contributed by atoms with Crippen molar-refractivity contribution in [2.75, 3.05) is 52.3 Å². The number of rotatable bonds is 9. The quantitative estimate of drug-likeness (QED) is 0.367. The molecule has 0 radical (unpaired) electrons. The second kappa shape index (κ2) is 12.7. The SMILES string of the molecule is COc1ccc(C)c2sc(N(CCCN(C)C)C(=O)C3CCN(S(=O)(=O)c4ccc(F)cc4)CC3)nc12.Cl. The van der Waals surface area contributed by atoms with Crippen molar-refractivity contribution in [3.05, 3.63) is 47.8 Å². The van der Waals surface area contributed by atoms with Crippen LogP contribution < -0.4 is 9.64 Å². The Kier molecular flexibility index (Phi) is 10.1. The number of hydrogen-bond acceptors (Lipinski definition) is 7. The minimum Gasteiger partial charge on any atom is -0.494 e. The predicted octanol–water partition coefficient (Wildman–Crippen LogP) is 4.56. The number of methoxy groups -OCH3 is 1. The summed E-state index contributed by atoms with van der Waals surface area (Å²) in [6.07, 6.45) is 1.61. The van der Waals surface area contributed by atoms with Crippen molar-refractivity contribution in [2.45, 2.75) is 31.1 Å². The second-order valence-electron chi connectivity index (χ2n) is 9.54. The highest BCUT2D eigenvalue weighted by Gasteiger charge is 2.35. The van der Waals surface area contributed by atoms with Gasteiger partial charge in [-0.1, -0.05) is 17.4 Å². The topological polar surface area (TPSA) is 83.0 Å². The number of benzene rings is 2. The van der Waals surface area contributed by atoms with Gasteiger partial charge in [-0.15, -0.1) is 12.4 Å². The van der Waals surface area contributed by atoms with Gasteiger partial charge in [0.15, 0.2) is 5.13 Å². The largest absolute Gasteiger partial charge is 0.494 e. The van der Waals surface area contributed by atoms with Gasteiger partial charge in [0.25, 0.3) is 0 Å². The van der Waals surface area contributed by atoms with Gasteiger partial charge in [-0.05, 0) is 82.7 Å². The van der Waals surface area contributed by atoms with Crippen LogP contribution in [0.4, 0.5) is 9.52 Å². The van der Waals surface area contributed by atoms with E-state index >= 15 is 0 Å². The highest BCUT2D eigenvalue weighted by Crippen LogP contribution is 2.37. The van der Waals surface area contributed by atoms with Gasteiger partial charge < -0.3 is 9.64 Å². The molecule has 0 unspecified atom stereocenters. The molecule has 1 aliphatic rings. The first-order chi connectivity index (χ1) is 17.6. The number of halogens is 2. The maximum absolute atomic E-state index is 13.8. The van der Waals surface area contributed by atoms with Crippen molar-refractivity contribution in [1.82, 2.24) is 14.2 Å². The summed E-state index contributed by atoms with van der Waals surface area (Å²) in [5.41, 5.74) is 1.81. The van der Waals surface area contributed by atoms with E-state index in [0.29, 0.717) is 30.3 Å². The standard InChI is InChI=1S/C26H33FN4O4S2.ClH/c1-18-6-11-22(35-4)23-24(18)36-26(28-23)31(15-5-14-29(2)3)25(32)19-12-16-30(17-13-19)37(33,34)21-9-7-20(27)8-10-21;/h6-11,19H,5,12-17H2,1-4H3;1H. The van der Waals surface area contributed by atoms with E-state index in [2.05, 4.69) is 4.90 Å². The fraction of sp³-hybridized carbons (Fsp3) is 0.462. The normalized spacial score (nSPS) is 15.0. The number of carbonyl (C=O) groups excluding carboxylic acids is 1. The number of amides is 1. The van der Waals surface area contributed by atoms with Crippen LogP contribution in [-0.2, 0) is 14.8 Å². The zero-order valence-electron chi connectivity index (χ0n) is 22.0. The number of sulfonamides is 1. The molecule has 0 saturated carbocycles. The zero-order valence-corrected chi connectivity index (χ0v) is 24.5. The minimum atomic E-state index is -3.74. The van der Waals surface area contributed by atoms with Crippen LogP contribution >= 0.6 is 23.7 Å². The molecule has 12 heteroatoms. The van der Waals surface area contributed by atoms with E-state index in [1.165, 1.54) is 27.8 Å². The summed E-state index contributed by atoms with van der Waals surface area (Å²) in [6, 6.07) is 8.71. The Balaban J connectivity index is 0.00000400. The van der Waals surface area contributed by atoms with Crippen molar-refractivity contribution < 1.29 is 22.3 Å². The van der Waals surface area contributed by atoms with Gasteiger partial charge in [0.2, 0.25) is 15.9 Å². The van der Waals surface area contributed by atoms with Crippen molar-refractivity contribution in [1.29, 1.82) is 0 Å². The van der Waals surface area contributed by atoms with Gasteiger partial charge >= 0.3 is 0 Å². The Labute approximate surface area is 233 Å². The Morgan fingerprint density at radius 3 is 2.39 bits per heavy atom. The average Bonchev–Trinajstić information content (AvgIpc) is 3.33. The fourth-order valence-electron chi connectivity index (χ4n) is 4.54. The summed E-state index contributed by atoms with van der Waals surface area (Å²) in [5.74, 6) is -0.161. The molecule has 0 N–H and O–H groups in total. The van der Waals surface area contributed by atoms with E-state index in [1.807, 2.05) is 33.2 Å².